The minimum absolute atomic E-state index is 1.16. The molecule has 0 spiro atoms. The van der Waals surface area contributed by atoms with Crippen molar-refractivity contribution >= 4 is 36.5 Å². The Morgan fingerprint density at radius 1 is 0.250 bits per heavy atom. The van der Waals surface area contributed by atoms with E-state index in [0.29, 0.717) is 0 Å². The lowest BCUT2D eigenvalue weighted by molar-refractivity contribution is 1.58. The molecule has 0 heteroatoms. The summed E-state index contributed by atoms with van der Waals surface area (Å²) in [6, 6.07) is 37.6. The molecular weight excluding hydrogens is 432 g/mol. The summed E-state index contributed by atoms with van der Waals surface area (Å²) < 4.78 is 0. The van der Waals surface area contributed by atoms with Crippen LogP contribution in [0.4, 0.5) is 0 Å². The fraction of sp³-hybridized carbons (Fsp3) is 0. The molecule has 0 saturated heterocycles. The smallest absolute Gasteiger partial charge is 0.0245 e. The molecule has 0 aliphatic heterocycles. The van der Waals surface area contributed by atoms with E-state index in [2.05, 4.69) is 164 Å². The van der Waals surface area contributed by atoms with Gasteiger partial charge >= 0.3 is 0 Å². The number of hydrogen-bond donors (Lipinski definition) is 0. The first-order valence-electron chi connectivity index (χ1n) is 12.2. The molecule has 0 fully saturated rings. The van der Waals surface area contributed by atoms with E-state index in [1.807, 2.05) is 18.2 Å². The van der Waals surface area contributed by atoms with Crippen LogP contribution in [0.15, 0.2) is 146 Å². The molecule has 0 bridgehead atoms. The summed E-state index contributed by atoms with van der Waals surface area (Å²) in [5.74, 6) is 0. The van der Waals surface area contributed by atoms with Gasteiger partial charge in [-0.3, -0.25) is 0 Å². The molecule has 0 aromatic heterocycles. The standard InChI is InChI=1S/C36H30/c1-4-16-31(17-5-1)22-10-13-25-34-28-35(26-14-11-23-32-18-6-2-7-19-32)30-36(29-34)27-15-12-24-33-20-8-3-9-21-33/h1-30H/b22-10-,23-11+,24-12+,25-13+,26-14-,27-15-. The molecule has 4 aromatic carbocycles. The van der Waals surface area contributed by atoms with Gasteiger partial charge in [0.05, 0.1) is 0 Å². The molecule has 0 unspecified atom stereocenters. The van der Waals surface area contributed by atoms with Gasteiger partial charge in [-0.05, 0) is 51.6 Å². The zero-order valence-electron chi connectivity index (χ0n) is 20.3. The third-order valence-corrected chi connectivity index (χ3v) is 5.46. The van der Waals surface area contributed by atoms with Crippen LogP contribution in [0, 0.1) is 0 Å². The first-order chi connectivity index (χ1) is 17.8. The molecule has 0 atom stereocenters. The molecule has 0 radical (unpaired) electrons. The molecule has 0 heterocycles. The Labute approximate surface area is 215 Å². The molecule has 174 valence electrons. The topological polar surface area (TPSA) is 0 Å². The van der Waals surface area contributed by atoms with Crippen molar-refractivity contribution in [1.82, 2.24) is 0 Å². The fourth-order valence-electron chi connectivity index (χ4n) is 3.68. The quantitative estimate of drug-likeness (QED) is 0.217. The number of hydrogen-bond acceptors (Lipinski definition) is 0. The van der Waals surface area contributed by atoms with Crippen LogP contribution in [0.2, 0.25) is 0 Å². The molecule has 0 aliphatic rings. The van der Waals surface area contributed by atoms with E-state index < -0.39 is 0 Å². The van der Waals surface area contributed by atoms with Crippen LogP contribution >= 0.6 is 0 Å². The van der Waals surface area contributed by atoms with E-state index >= 15 is 0 Å². The van der Waals surface area contributed by atoms with Gasteiger partial charge in [0.2, 0.25) is 0 Å². The van der Waals surface area contributed by atoms with Gasteiger partial charge in [-0.2, -0.15) is 0 Å². The highest BCUT2D eigenvalue weighted by Gasteiger charge is 1.95. The monoisotopic (exact) mass is 462 g/mol. The first-order valence-corrected chi connectivity index (χ1v) is 12.2. The van der Waals surface area contributed by atoms with Gasteiger partial charge in [-0.25, -0.2) is 0 Å². The predicted molar refractivity (Wildman–Crippen MR) is 160 cm³/mol. The molecule has 0 N–H and O–H groups in total. The van der Waals surface area contributed by atoms with Crippen LogP contribution in [0.5, 0.6) is 0 Å². The molecular formula is C36H30. The van der Waals surface area contributed by atoms with Crippen LogP contribution in [-0.4, -0.2) is 0 Å². The van der Waals surface area contributed by atoms with Gasteiger partial charge in [0, 0.05) is 0 Å². The highest BCUT2D eigenvalue weighted by atomic mass is 14.0. The van der Waals surface area contributed by atoms with Gasteiger partial charge in [-0.1, -0.05) is 164 Å². The Morgan fingerprint density at radius 3 is 0.722 bits per heavy atom. The van der Waals surface area contributed by atoms with Crippen molar-refractivity contribution in [2.75, 3.05) is 0 Å². The second kappa shape index (κ2) is 13.9. The predicted octanol–water partition coefficient (Wildman–Crippen LogP) is 9.87. The SMILES string of the molecule is C(=C/c1cc(/C=C\C=C\c2ccccc2)cc(/C=C/C=C\c2ccccc2)c1)/C=C/c1ccccc1. The van der Waals surface area contributed by atoms with Gasteiger partial charge in [0.25, 0.3) is 0 Å². The van der Waals surface area contributed by atoms with E-state index in [9.17, 15) is 0 Å². The van der Waals surface area contributed by atoms with Crippen molar-refractivity contribution in [3.8, 4) is 0 Å². The van der Waals surface area contributed by atoms with Gasteiger partial charge < -0.3 is 0 Å². The summed E-state index contributed by atoms with van der Waals surface area (Å²) in [7, 11) is 0. The zero-order valence-corrected chi connectivity index (χ0v) is 20.3. The molecule has 0 saturated carbocycles. The summed E-state index contributed by atoms with van der Waals surface area (Å²) in [6.07, 6.45) is 25.3. The van der Waals surface area contributed by atoms with Gasteiger partial charge in [0.15, 0.2) is 0 Å². The minimum atomic E-state index is 1.16. The van der Waals surface area contributed by atoms with Crippen molar-refractivity contribution in [3.63, 3.8) is 0 Å². The number of rotatable bonds is 9. The van der Waals surface area contributed by atoms with E-state index in [-0.39, 0.29) is 0 Å². The third-order valence-electron chi connectivity index (χ3n) is 5.46. The number of benzene rings is 4. The summed E-state index contributed by atoms with van der Waals surface area (Å²) >= 11 is 0. The van der Waals surface area contributed by atoms with Crippen LogP contribution in [0.3, 0.4) is 0 Å². The van der Waals surface area contributed by atoms with Crippen LogP contribution in [-0.2, 0) is 0 Å². The number of allylic oxidation sites excluding steroid dienone is 6. The second-order valence-corrected chi connectivity index (χ2v) is 8.32. The zero-order chi connectivity index (χ0) is 24.7. The first kappa shape index (κ1) is 24.4. The third kappa shape index (κ3) is 8.59. The van der Waals surface area contributed by atoms with Crippen LogP contribution in [0.25, 0.3) is 36.5 Å². The lowest BCUT2D eigenvalue weighted by Crippen LogP contribution is -1.81. The van der Waals surface area contributed by atoms with Gasteiger partial charge in [0.1, 0.15) is 0 Å². The van der Waals surface area contributed by atoms with Crippen molar-refractivity contribution < 1.29 is 0 Å². The van der Waals surface area contributed by atoms with Crippen LogP contribution in [0.1, 0.15) is 33.4 Å². The lowest BCUT2D eigenvalue weighted by Gasteiger charge is -2.02. The van der Waals surface area contributed by atoms with E-state index in [1.54, 1.807) is 0 Å². The minimum Gasteiger partial charge on any atom is -0.0622 e. The molecule has 0 aliphatic carbocycles. The highest BCUT2D eigenvalue weighted by Crippen LogP contribution is 2.16. The summed E-state index contributed by atoms with van der Waals surface area (Å²) in [5, 5.41) is 0. The molecule has 0 amide bonds. The largest absolute Gasteiger partial charge is 0.0622 e. The van der Waals surface area contributed by atoms with E-state index in [1.165, 1.54) is 16.7 Å². The Balaban J connectivity index is 1.51. The normalized spacial score (nSPS) is 12.3. The Kier molecular flexibility index (Phi) is 9.43. The lowest BCUT2D eigenvalue weighted by atomic mass is 10.0. The Hall–Kier alpha value is -4.68. The Morgan fingerprint density at radius 2 is 0.472 bits per heavy atom. The van der Waals surface area contributed by atoms with Crippen molar-refractivity contribution in [1.29, 1.82) is 0 Å². The average molecular weight is 463 g/mol. The van der Waals surface area contributed by atoms with E-state index in [4.69, 9.17) is 0 Å². The van der Waals surface area contributed by atoms with Crippen molar-refractivity contribution in [2.45, 2.75) is 0 Å². The highest BCUT2D eigenvalue weighted by molar-refractivity contribution is 5.68. The van der Waals surface area contributed by atoms with Crippen LogP contribution < -0.4 is 0 Å². The van der Waals surface area contributed by atoms with Crippen molar-refractivity contribution in [2.24, 2.45) is 0 Å². The summed E-state index contributed by atoms with van der Waals surface area (Å²) in [6.45, 7) is 0. The maximum atomic E-state index is 2.21. The van der Waals surface area contributed by atoms with E-state index in [0.717, 1.165) is 16.7 Å². The maximum absolute atomic E-state index is 2.21. The summed E-state index contributed by atoms with van der Waals surface area (Å²) in [4.78, 5) is 0. The second-order valence-electron chi connectivity index (χ2n) is 8.32. The average Bonchev–Trinajstić information content (AvgIpc) is 2.93. The Bertz CT molecular complexity index is 1190. The maximum Gasteiger partial charge on any atom is -0.0245 e. The fourth-order valence-corrected chi connectivity index (χ4v) is 3.68. The van der Waals surface area contributed by atoms with Crippen molar-refractivity contribution in [3.05, 3.63) is 179 Å². The molecule has 0 nitrogen and oxygen atoms in total. The molecule has 4 aromatic rings. The van der Waals surface area contributed by atoms with Gasteiger partial charge in [-0.15, -0.1) is 0 Å². The molecule has 36 heavy (non-hydrogen) atoms. The molecule has 4 rings (SSSR count). The summed E-state index contributed by atoms with van der Waals surface area (Å²) in [5.41, 5.74) is 7.06.